The first-order valence-corrected chi connectivity index (χ1v) is 7.50. The molecule has 0 unspecified atom stereocenters. The molecule has 3 rings (SSSR count). The van der Waals surface area contributed by atoms with Gasteiger partial charge < -0.3 is 15.0 Å². The summed E-state index contributed by atoms with van der Waals surface area (Å²) in [5.74, 6) is -1.37. The summed E-state index contributed by atoms with van der Waals surface area (Å²) in [5.41, 5.74) is 2.89. The molecule has 1 aromatic carbocycles. The first-order chi connectivity index (χ1) is 11.0. The standard InChI is InChI=1S/C17H17FN2O3/c18-12-1-2-13-14(10-19-15(13)9-12)11-5-7-20(8-6-11)16(21)3-4-17(22)23/h1-2,5,9-10,19H,3-4,6-8H2,(H,22,23). The molecule has 0 fully saturated rings. The maximum Gasteiger partial charge on any atom is 0.303 e. The average Bonchev–Trinajstić information content (AvgIpc) is 2.95. The van der Waals surface area contributed by atoms with E-state index in [1.165, 1.54) is 12.1 Å². The summed E-state index contributed by atoms with van der Waals surface area (Å²) in [5, 5.41) is 9.60. The van der Waals surface area contributed by atoms with E-state index in [9.17, 15) is 14.0 Å². The van der Waals surface area contributed by atoms with Gasteiger partial charge in [0.25, 0.3) is 0 Å². The third-order valence-corrected chi connectivity index (χ3v) is 4.10. The van der Waals surface area contributed by atoms with Crippen LogP contribution in [0.25, 0.3) is 16.5 Å². The quantitative estimate of drug-likeness (QED) is 0.911. The van der Waals surface area contributed by atoms with E-state index in [2.05, 4.69) is 4.98 Å². The SMILES string of the molecule is O=C(O)CCC(=O)N1CC=C(c2c[nH]c3cc(F)ccc23)CC1. The molecule has 1 aliphatic heterocycles. The van der Waals surface area contributed by atoms with E-state index in [1.54, 1.807) is 11.0 Å². The Labute approximate surface area is 132 Å². The summed E-state index contributed by atoms with van der Waals surface area (Å²) >= 11 is 0. The lowest BCUT2D eigenvalue weighted by atomic mass is 9.98. The van der Waals surface area contributed by atoms with Gasteiger partial charge in [0.05, 0.1) is 6.42 Å². The van der Waals surface area contributed by atoms with E-state index in [4.69, 9.17) is 5.11 Å². The number of carbonyl (C=O) groups is 2. The van der Waals surface area contributed by atoms with E-state index in [1.807, 2.05) is 12.3 Å². The number of aliphatic carboxylic acids is 1. The van der Waals surface area contributed by atoms with Gasteiger partial charge in [0, 0.05) is 42.2 Å². The predicted octanol–water partition coefficient (Wildman–Crippen LogP) is 2.79. The summed E-state index contributed by atoms with van der Waals surface area (Å²) in [7, 11) is 0. The van der Waals surface area contributed by atoms with Gasteiger partial charge in [0.2, 0.25) is 5.91 Å². The second-order valence-electron chi connectivity index (χ2n) is 5.61. The highest BCUT2D eigenvalue weighted by Gasteiger charge is 2.19. The normalized spacial score (nSPS) is 14.8. The molecule has 6 heteroatoms. The second-order valence-corrected chi connectivity index (χ2v) is 5.61. The van der Waals surface area contributed by atoms with Gasteiger partial charge in [-0.1, -0.05) is 6.08 Å². The van der Waals surface area contributed by atoms with E-state index < -0.39 is 5.97 Å². The van der Waals surface area contributed by atoms with Crippen LogP contribution in [-0.4, -0.2) is 40.0 Å². The van der Waals surface area contributed by atoms with Crippen molar-refractivity contribution < 1.29 is 19.1 Å². The van der Waals surface area contributed by atoms with Gasteiger partial charge in [-0.25, -0.2) is 4.39 Å². The zero-order valence-corrected chi connectivity index (χ0v) is 12.5. The number of H-pyrrole nitrogens is 1. The monoisotopic (exact) mass is 316 g/mol. The molecule has 120 valence electrons. The minimum absolute atomic E-state index is 0.0326. The van der Waals surface area contributed by atoms with Crippen LogP contribution in [0.2, 0.25) is 0 Å². The van der Waals surface area contributed by atoms with E-state index in [-0.39, 0.29) is 24.6 Å². The van der Waals surface area contributed by atoms with Gasteiger partial charge in [-0.15, -0.1) is 0 Å². The number of hydrogen-bond acceptors (Lipinski definition) is 2. The Morgan fingerprint density at radius 3 is 2.83 bits per heavy atom. The molecular formula is C17H17FN2O3. The van der Waals surface area contributed by atoms with Gasteiger partial charge in [0.1, 0.15) is 5.82 Å². The molecule has 0 spiro atoms. The smallest absolute Gasteiger partial charge is 0.303 e. The minimum atomic E-state index is -0.961. The Bertz CT molecular complexity index is 794. The highest BCUT2D eigenvalue weighted by atomic mass is 19.1. The number of amides is 1. The molecule has 0 aliphatic carbocycles. The topological polar surface area (TPSA) is 73.4 Å². The van der Waals surface area contributed by atoms with E-state index >= 15 is 0 Å². The molecule has 1 aliphatic rings. The molecule has 1 amide bonds. The van der Waals surface area contributed by atoms with Crippen molar-refractivity contribution in [2.45, 2.75) is 19.3 Å². The molecule has 2 aromatic rings. The van der Waals surface area contributed by atoms with Crippen LogP contribution in [0.1, 0.15) is 24.8 Å². The summed E-state index contributed by atoms with van der Waals surface area (Å²) in [6.07, 6.45) is 4.43. The zero-order valence-electron chi connectivity index (χ0n) is 12.5. The van der Waals surface area contributed by atoms with Crippen molar-refractivity contribution in [2.75, 3.05) is 13.1 Å². The maximum absolute atomic E-state index is 13.2. The van der Waals surface area contributed by atoms with Crippen LogP contribution in [0, 0.1) is 5.82 Å². The second kappa shape index (κ2) is 6.24. The maximum atomic E-state index is 13.2. The van der Waals surface area contributed by atoms with E-state index in [0.29, 0.717) is 19.5 Å². The third kappa shape index (κ3) is 3.26. The van der Waals surface area contributed by atoms with Crippen molar-refractivity contribution in [3.63, 3.8) is 0 Å². The molecule has 1 aromatic heterocycles. The Balaban J connectivity index is 1.73. The number of aromatic amines is 1. The number of aromatic nitrogens is 1. The molecule has 0 saturated heterocycles. The molecule has 2 heterocycles. The Kier molecular flexibility index (Phi) is 4.14. The number of carboxylic acids is 1. The summed E-state index contributed by atoms with van der Waals surface area (Å²) < 4.78 is 13.2. The average molecular weight is 316 g/mol. The fraction of sp³-hybridized carbons (Fsp3) is 0.294. The number of nitrogens with zero attached hydrogens (tertiary/aromatic N) is 1. The summed E-state index contributed by atoms with van der Waals surface area (Å²) in [6.45, 7) is 1.04. The van der Waals surface area contributed by atoms with Crippen LogP contribution in [0.15, 0.2) is 30.5 Å². The van der Waals surface area contributed by atoms with Crippen molar-refractivity contribution in [2.24, 2.45) is 0 Å². The van der Waals surface area contributed by atoms with Crippen LogP contribution < -0.4 is 0 Å². The number of benzene rings is 1. The van der Waals surface area contributed by atoms with Crippen molar-refractivity contribution in [3.05, 3.63) is 41.9 Å². The van der Waals surface area contributed by atoms with Gasteiger partial charge in [-0.05, 0) is 30.2 Å². The third-order valence-electron chi connectivity index (χ3n) is 4.10. The number of rotatable bonds is 4. The zero-order chi connectivity index (χ0) is 16.4. The number of carboxylic acid groups (broad SMARTS) is 1. The Morgan fingerprint density at radius 2 is 2.13 bits per heavy atom. The number of fused-ring (bicyclic) bond motifs is 1. The molecule has 2 N–H and O–H groups in total. The molecule has 0 bridgehead atoms. The lowest BCUT2D eigenvalue weighted by Gasteiger charge is -2.26. The lowest BCUT2D eigenvalue weighted by molar-refractivity contribution is -0.140. The highest BCUT2D eigenvalue weighted by Crippen LogP contribution is 2.29. The largest absolute Gasteiger partial charge is 0.481 e. The lowest BCUT2D eigenvalue weighted by Crippen LogP contribution is -2.34. The number of halogens is 1. The van der Waals surface area contributed by atoms with Gasteiger partial charge in [-0.2, -0.15) is 0 Å². The van der Waals surface area contributed by atoms with Crippen molar-refractivity contribution in [3.8, 4) is 0 Å². The first kappa shape index (κ1) is 15.3. The predicted molar refractivity (Wildman–Crippen MR) is 84.3 cm³/mol. The Morgan fingerprint density at radius 1 is 1.30 bits per heavy atom. The Hall–Kier alpha value is -2.63. The highest BCUT2D eigenvalue weighted by molar-refractivity contribution is 5.93. The van der Waals surface area contributed by atoms with Crippen LogP contribution in [0.4, 0.5) is 4.39 Å². The van der Waals surface area contributed by atoms with Gasteiger partial charge in [0.15, 0.2) is 0 Å². The molecule has 23 heavy (non-hydrogen) atoms. The fourth-order valence-corrected chi connectivity index (χ4v) is 2.88. The van der Waals surface area contributed by atoms with Gasteiger partial charge >= 0.3 is 5.97 Å². The summed E-state index contributed by atoms with van der Waals surface area (Å²) in [6, 6.07) is 4.65. The number of carbonyl (C=O) groups excluding carboxylic acids is 1. The van der Waals surface area contributed by atoms with Crippen LogP contribution in [-0.2, 0) is 9.59 Å². The van der Waals surface area contributed by atoms with Crippen LogP contribution >= 0.6 is 0 Å². The van der Waals surface area contributed by atoms with Crippen molar-refractivity contribution in [1.82, 2.24) is 9.88 Å². The summed E-state index contributed by atoms with van der Waals surface area (Å²) in [4.78, 5) is 27.2. The number of nitrogens with one attached hydrogen (secondary N) is 1. The number of hydrogen-bond donors (Lipinski definition) is 2. The molecule has 5 nitrogen and oxygen atoms in total. The van der Waals surface area contributed by atoms with Crippen molar-refractivity contribution >= 4 is 28.4 Å². The van der Waals surface area contributed by atoms with Crippen molar-refractivity contribution in [1.29, 1.82) is 0 Å². The van der Waals surface area contributed by atoms with Gasteiger partial charge in [-0.3, -0.25) is 9.59 Å². The minimum Gasteiger partial charge on any atom is -0.481 e. The molecule has 0 radical (unpaired) electrons. The van der Waals surface area contributed by atoms with E-state index in [0.717, 1.165) is 22.0 Å². The fourth-order valence-electron chi connectivity index (χ4n) is 2.88. The molecule has 0 atom stereocenters. The molecular weight excluding hydrogens is 299 g/mol. The molecule has 0 saturated carbocycles. The van der Waals surface area contributed by atoms with Crippen LogP contribution in [0.3, 0.4) is 0 Å². The first-order valence-electron chi connectivity index (χ1n) is 7.50. The van der Waals surface area contributed by atoms with Crippen LogP contribution in [0.5, 0.6) is 0 Å².